The molecule has 1 atom stereocenters. The molecule has 0 amide bonds. The van der Waals surface area contributed by atoms with E-state index in [1.165, 1.54) is 0 Å². The Hall–Kier alpha value is -2.28. The van der Waals surface area contributed by atoms with E-state index in [1.807, 2.05) is 55.4 Å². The summed E-state index contributed by atoms with van der Waals surface area (Å²) in [5.41, 5.74) is 1.10. The fourth-order valence-corrected chi connectivity index (χ4v) is 4.55. The van der Waals surface area contributed by atoms with Crippen LogP contribution in [0.1, 0.15) is 5.56 Å². The Morgan fingerprint density at radius 1 is 1.04 bits per heavy atom. The predicted molar refractivity (Wildman–Crippen MR) is 105 cm³/mol. The Morgan fingerprint density at radius 3 is 2.54 bits per heavy atom. The maximum atomic E-state index is 13.1. The van der Waals surface area contributed by atoms with Crippen molar-refractivity contribution < 1.29 is 8.42 Å². The van der Waals surface area contributed by atoms with Crippen LogP contribution in [0.5, 0.6) is 0 Å². The van der Waals surface area contributed by atoms with Crippen molar-refractivity contribution in [3.8, 4) is 0 Å². The average Bonchev–Trinajstić information content (AvgIpc) is 2.61. The Bertz CT molecular complexity index is 967. The van der Waals surface area contributed by atoms with Crippen LogP contribution in [0.15, 0.2) is 71.9 Å². The number of hydrogen-bond donors (Lipinski definition) is 1. The molecule has 0 saturated heterocycles. The number of aromatic nitrogens is 1. The third-order valence-electron chi connectivity index (χ3n) is 4.16. The molecule has 1 heterocycles. The summed E-state index contributed by atoms with van der Waals surface area (Å²) >= 11 is 0. The quantitative estimate of drug-likeness (QED) is 0.696. The normalized spacial score (nSPS) is 13.2. The molecule has 3 aromatic rings. The lowest BCUT2D eigenvalue weighted by Crippen LogP contribution is -2.43. The third-order valence-corrected chi connectivity index (χ3v) is 5.74. The van der Waals surface area contributed by atoms with Crippen LogP contribution >= 0.6 is 0 Å². The van der Waals surface area contributed by atoms with Gasteiger partial charge in [0.1, 0.15) is 0 Å². The molecule has 2 aromatic carbocycles. The summed E-state index contributed by atoms with van der Waals surface area (Å²) in [5, 5.41) is 1.49. The molecule has 6 heteroatoms. The maximum Gasteiger partial charge on any atom is 0.241 e. The van der Waals surface area contributed by atoms with Gasteiger partial charge in [0, 0.05) is 35.8 Å². The molecule has 1 unspecified atom stereocenters. The van der Waals surface area contributed by atoms with Gasteiger partial charge in [-0.3, -0.25) is 4.98 Å². The molecule has 5 nitrogen and oxygen atoms in total. The first-order valence-electron chi connectivity index (χ1n) is 8.49. The molecule has 0 saturated carbocycles. The number of fused-ring (bicyclic) bond motifs is 1. The Balaban J connectivity index is 1.91. The van der Waals surface area contributed by atoms with Crippen LogP contribution in [0.3, 0.4) is 0 Å². The number of rotatable bonds is 7. The van der Waals surface area contributed by atoms with E-state index in [9.17, 15) is 8.42 Å². The number of benzene rings is 2. The number of sulfonamides is 1. The van der Waals surface area contributed by atoms with Crippen molar-refractivity contribution in [3.05, 3.63) is 72.6 Å². The van der Waals surface area contributed by atoms with Crippen molar-refractivity contribution >= 4 is 20.8 Å². The molecule has 1 aromatic heterocycles. The van der Waals surface area contributed by atoms with Crippen LogP contribution < -0.4 is 4.72 Å². The number of likely N-dealkylation sites (N-methyl/N-ethyl adjacent to an activating group) is 1. The molecule has 0 spiro atoms. The second kappa shape index (κ2) is 7.95. The molecule has 0 bridgehead atoms. The van der Waals surface area contributed by atoms with Gasteiger partial charge in [0.25, 0.3) is 0 Å². The molecular weight excluding hydrogens is 346 g/mol. The first-order valence-corrected chi connectivity index (χ1v) is 9.98. The molecule has 0 aliphatic rings. The van der Waals surface area contributed by atoms with Crippen molar-refractivity contribution in [1.82, 2.24) is 14.6 Å². The largest absolute Gasteiger partial charge is 0.308 e. The summed E-state index contributed by atoms with van der Waals surface area (Å²) < 4.78 is 29.0. The minimum Gasteiger partial charge on any atom is -0.308 e. The Morgan fingerprint density at radius 2 is 1.81 bits per heavy atom. The average molecular weight is 369 g/mol. The molecule has 0 aliphatic heterocycles. The van der Waals surface area contributed by atoms with Crippen molar-refractivity contribution in [3.63, 3.8) is 0 Å². The van der Waals surface area contributed by atoms with Gasteiger partial charge in [0.15, 0.2) is 0 Å². The highest BCUT2D eigenvalue weighted by molar-refractivity contribution is 7.89. The van der Waals surface area contributed by atoms with E-state index in [4.69, 9.17) is 0 Å². The standard InChI is InChI=1S/C20H23N3O2S/c1-23(2)15-18(13-16-7-4-3-5-8-16)22-26(24,25)20-10-6-9-17-14-21-12-11-19(17)20/h3-12,14,18,22H,13,15H2,1-2H3. The van der Waals surface area contributed by atoms with Gasteiger partial charge in [-0.2, -0.15) is 0 Å². The Kier molecular flexibility index (Phi) is 5.66. The van der Waals surface area contributed by atoms with E-state index in [1.54, 1.807) is 30.6 Å². The Labute approximate surface area is 154 Å². The van der Waals surface area contributed by atoms with Gasteiger partial charge >= 0.3 is 0 Å². The van der Waals surface area contributed by atoms with Gasteiger partial charge in [-0.15, -0.1) is 0 Å². The SMILES string of the molecule is CN(C)CC(Cc1ccccc1)NS(=O)(=O)c1cccc2cnccc12. The monoisotopic (exact) mass is 369 g/mol. The van der Waals surface area contributed by atoms with Crippen molar-refractivity contribution in [1.29, 1.82) is 0 Å². The number of hydrogen-bond acceptors (Lipinski definition) is 4. The van der Waals surface area contributed by atoms with E-state index in [0.29, 0.717) is 18.4 Å². The fraction of sp³-hybridized carbons (Fsp3) is 0.250. The van der Waals surface area contributed by atoms with Gasteiger partial charge in [0.2, 0.25) is 10.0 Å². The zero-order chi connectivity index (χ0) is 18.6. The van der Waals surface area contributed by atoms with Crippen LogP contribution in [-0.2, 0) is 16.4 Å². The second-order valence-electron chi connectivity index (χ2n) is 6.62. The van der Waals surface area contributed by atoms with Gasteiger partial charge in [-0.1, -0.05) is 42.5 Å². The highest BCUT2D eigenvalue weighted by Crippen LogP contribution is 2.22. The molecule has 0 radical (unpaired) electrons. The number of nitrogens with zero attached hydrogens (tertiary/aromatic N) is 2. The van der Waals surface area contributed by atoms with Crippen LogP contribution in [-0.4, -0.2) is 45.0 Å². The molecule has 3 rings (SSSR count). The molecule has 1 N–H and O–H groups in total. The van der Waals surface area contributed by atoms with E-state index >= 15 is 0 Å². The summed E-state index contributed by atoms with van der Waals surface area (Å²) in [7, 11) is 0.224. The van der Waals surface area contributed by atoms with E-state index < -0.39 is 10.0 Å². The van der Waals surface area contributed by atoms with Gasteiger partial charge < -0.3 is 4.90 Å². The molecular formula is C20H23N3O2S. The summed E-state index contributed by atoms with van der Waals surface area (Å²) in [6, 6.07) is 16.7. The highest BCUT2D eigenvalue weighted by atomic mass is 32.2. The zero-order valence-electron chi connectivity index (χ0n) is 15.0. The van der Waals surface area contributed by atoms with Crippen LogP contribution in [0, 0.1) is 0 Å². The second-order valence-corrected chi connectivity index (χ2v) is 8.31. The predicted octanol–water partition coefficient (Wildman–Crippen LogP) is 2.69. The zero-order valence-corrected chi connectivity index (χ0v) is 15.8. The molecule has 0 aliphatic carbocycles. The number of pyridine rings is 1. The maximum absolute atomic E-state index is 13.1. The molecule has 0 fully saturated rings. The summed E-state index contributed by atoms with van der Waals surface area (Å²) in [6.45, 7) is 0.612. The van der Waals surface area contributed by atoms with Gasteiger partial charge in [-0.25, -0.2) is 13.1 Å². The summed E-state index contributed by atoms with van der Waals surface area (Å²) in [5.74, 6) is 0. The third kappa shape index (κ3) is 4.46. The van der Waals surface area contributed by atoms with Crippen molar-refractivity contribution in [2.24, 2.45) is 0 Å². The van der Waals surface area contributed by atoms with E-state index in [-0.39, 0.29) is 10.9 Å². The topological polar surface area (TPSA) is 62.3 Å². The minimum absolute atomic E-state index is 0.227. The van der Waals surface area contributed by atoms with Gasteiger partial charge in [0.05, 0.1) is 4.90 Å². The smallest absolute Gasteiger partial charge is 0.241 e. The van der Waals surface area contributed by atoms with Crippen LogP contribution in [0.4, 0.5) is 0 Å². The lowest BCUT2D eigenvalue weighted by Gasteiger charge is -2.23. The lowest BCUT2D eigenvalue weighted by atomic mass is 10.1. The molecule has 26 heavy (non-hydrogen) atoms. The van der Waals surface area contributed by atoms with Crippen molar-refractivity contribution in [2.45, 2.75) is 17.4 Å². The lowest BCUT2D eigenvalue weighted by molar-refractivity contribution is 0.357. The first kappa shape index (κ1) is 18.5. The minimum atomic E-state index is -3.66. The van der Waals surface area contributed by atoms with Crippen LogP contribution in [0.25, 0.3) is 10.8 Å². The number of nitrogens with one attached hydrogen (secondary N) is 1. The fourth-order valence-electron chi connectivity index (χ4n) is 3.09. The van der Waals surface area contributed by atoms with Crippen LogP contribution in [0.2, 0.25) is 0 Å². The summed E-state index contributed by atoms with van der Waals surface area (Å²) in [6.07, 6.45) is 3.92. The summed E-state index contributed by atoms with van der Waals surface area (Å²) in [4.78, 5) is 6.35. The highest BCUT2D eigenvalue weighted by Gasteiger charge is 2.22. The van der Waals surface area contributed by atoms with E-state index in [0.717, 1.165) is 10.9 Å². The first-order chi connectivity index (χ1) is 12.5. The van der Waals surface area contributed by atoms with Crippen molar-refractivity contribution in [2.75, 3.05) is 20.6 Å². The van der Waals surface area contributed by atoms with Gasteiger partial charge in [-0.05, 0) is 38.2 Å². The van der Waals surface area contributed by atoms with E-state index in [2.05, 4.69) is 9.71 Å². The molecule has 136 valence electrons.